The van der Waals surface area contributed by atoms with Crippen molar-refractivity contribution in [3.63, 3.8) is 0 Å². The van der Waals surface area contributed by atoms with Crippen LogP contribution in [0.2, 0.25) is 0 Å². The highest BCUT2D eigenvalue weighted by molar-refractivity contribution is 7.99. The molecule has 5 aliphatic carbocycles. The number of benzene rings is 5. The largest absolute Gasteiger partial charge is 0.310 e. The van der Waals surface area contributed by atoms with Crippen LogP contribution in [-0.2, 0) is 16.2 Å². The third-order valence-electron chi connectivity index (χ3n) is 13.8. The Bertz CT molecular complexity index is 2090. The Morgan fingerprint density at radius 3 is 2.06 bits per heavy atom. The van der Waals surface area contributed by atoms with Crippen molar-refractivity contribution in [3.05, 3.63) is 138 Å². The van der Waals surface area contributed by atoms with E-state index in [4.69, 9.17) is 0 Å². The monoisotopic (exact) mass is 657 g/mol. The maximum Gasteiger partial charge on any atom is 0.0551 e. The summed E-state index contributed by atoms with van der Waals surface area (Å²) in [5, 5.41) is 0. The lowest BCUT2D eigenvalue weighted by atomic mass is 9.57. The molecule has 49 heavy (non-hydrogen) atoms. The van der Waals surface area contributed by atoms with Crippen molar-refractivity contribution in [2.24, 2.45) is 23.7 Å². The van der Waals surface area contributed by atoms with E-state index in [2.05, 4.69) is 148 Å². The molecule has 5 aromatic carbocycles. The molecule has 11 rings (SSSR count). The SMILES string of the molecule is CC1(C)CCC(C)(C)c2cc(N(c3ccccc3)c3ccc4c(c3-c3ccccc3)Sc3ccccc3C43C4CC5CC(C4)C3C5)ccc21. The highest BCUT2D eigenvalue weighted by Gasteiger charge is 2.65. The van der Waals surface area contributed by atoms with Gasteiger partial charge in [0.25, 0.3) is 0 Å². The minimum absolute atomic E-state index is 0.121. The fourth-order valence-corrected chi connectivity index (χ4v) is 13.0. The third-order valence-corrected chi connectivity index (χ3v) is 15.0. The van der Waals surface area contributed by atoms with Crippen LogP contribution in [0.4, 0.5) is 17.1 Å². The fraction of sp³-hybridized carbons (Fsp3) is 0.362. The third kappa shape index (κ3) is 4.25. The van der Waals surface area contributed by atoms with E-state index in [1.54, 1.807) is 11.1 Å². The van der Waals surface area contributed by atoms with E-state index in [0.717, 1.165) is 23.7 Å². The van der Waals surface area contributed by atoms with Gasteiger partial charge in [-0.05, 0) is 137 Å². The van der Waals surface area contributed by atoms with Crippen molar-refractivity contribution in [3.8, 4) is 11.1 Å². The molecular formula is C47H47NS. The topological polar surface area (TPSA) is 3.24 Å². The van der Waals surface area contributed by atoms with Crippen LogP contribution in [0.5, 0.6) is 0 Å². The van der Waals surface area contributed by atoms with E-state index in [-0.39, 0.29) is 16.2 Å². The summed E-state index contributed by atoms with van der Waals surface area (Å²) in [4.78, 5) is 5.53. The van der Waals surface area contributed by atoms with Gasteiger partial charge in [-0.15, -0.1) is 0 Å². The number of hydrogen-bond acceptors (Lipinski definition) is 2. The second kappa shape index (κ2) is 10.6. The van der Waals surface area contributed by atoms with Gasteiger partial charge in [0.1, 0.15) is 0 Å². The van der Waals surface area contributed by atoms with E-state index < -0.39 is 0 Å². The van der Waals surface area contributed by atoms with E-state index >= 15 is 0 Å². The number of hydrogen-bond donors (Lipinski definition) is 0. The van der Waals surface area contributed by atoms with Gasteiger partial charge in [0.15, 0.2) is 0 Å². The molecule has 0 N–H and O–H groups in total. The van der Waals surface area contributed by atoms with E-state index in [1.807, 2.05) is 11.8 Å². The van der Waals surface area contributed by atoms with Crippen molar-refractivity contribution < 1.29 is 0 Å². The summed E-state index contributed by atoms with van der Waals surface area (Å²) in [6.07, 6.45) is 8.08. The zero-order chi connectivity index (χ0) is 33.1. The number of anilines is 3. The van der Waals surface area contributed by atoms with Crippen molar-refractivity contribution in [1.29, 1.82) is 0 Å². The van der Waals surface area contributed by atoms with Gasteiger partial charge in [0, 0.05) is 32.1 Å². The summed E-state index contributed by atoms with van der Waals surface area (Å²) >= 11 is 2.04. The molecule has 0 radical (unpaired) electrons. The Labute approximate surface area is 297 Å². The maximum atomic E-state index is 2.59. The van der Waals surface area contributed by atoms with Gasteiger partial charge in [0.05, 0.1) is 5.69 Å². The van der Waals surface area contributed by atoms with E-state index in [0.29, 0.717) is 0 Å². The smallest absolute Gasteiger partial charge is 0.0551 e. The standard InChI is InChI=1S/C47H47NS/c1-45(2)23-24-46(3,4)40-29-35(19-20-36(40)45)48(34-15-9-6-10-16-34)41-22-21-38-44(43(41)31-13-7-5-8-14-31)49-42-18-12-11-17-37(42)47(38)33-26-30-25-32(28-33)39(47)27-30/h5-22,29-30,32-33,39H,23-28H2,1-4H3. The average molecular weight is 658 g/mol. The minimum atomic E-state index is 0.121. The van der Waals surface area contributed by atoms with Crippen LogP contribution in [0.3, 0.4) is 0 Å². The van der Waals surface area contributed by atoms with Crippen LogP contribution in [-0.4, -0.2) is 0 Å². The maximum absolute atomic E-state index is 2.59. The van der Waals surface area contributed by atoms with Gasteiger partial charge in [-0.25, -0.2) is 0 Å². The summed E-state index contributed by atoms with van der Waals surface area (Å²) in [6, 6.07) is 44.4. The predicted octanol–water partition coefficient (Wildman–Crippen LogP) is 13.0. The molecule has 6 aliphatic rings. The first kappa shape index (κ1) is 30.1. The highest BCUT2D eigenvalue weighted by atomic mass is 32.2. The molecule has 1 nitrogen and oxygen atoms in total. The van der Waals surface area contributed by atoms with Crippen molar-refractivity contribution in [1.82, 2.24) is 0 Å². The van der Waals surface area contributed by atoms with Gasteiger partial charge in [-0.2, -0.15) is 0 Å². The van der Waals surface area contributed by atoms with Gasteiger partial charge in [-0.3, -0.25) is 0 Å². The van der Waals surface area contributed by atoms with Crippen LogP contribution in [0.25, 0.3) is 11.1 Å². The van der Waals surface area contributed by atoms with E-state index in [9.17, 15) is 0 Å². The lowest BCUT2D eigenvalue weighted by molar-refractivity contribution is 0.181. The lowest BCUT2D eigenvalue weighted by Crippen LogP contribution is -2.44. The summed E-state index contributed by atoms with van der Waals surface area (Å²) in [5.74, 6) is 3.30. The first-order valence-corrected chi connectivity index (χ1v) is 19.6. The fourth-order valence-electron chi connectivity index (χ4n) is 11.6. The molecule has 4 saturated carbocycles. The van der Waals surface area contributed by atoms with Gasteiger partial charge < -0.3 is 4.90 Å². The normalized spacial score (nSPS) is 27.8. The molecule has 0 aromatic heterocycles. The molecule has 5 atom stereocenters. The second-order valence-electron chi connectivity index (χ2n) is 17.2. The molecule has 246 valence electrons. The molecule has 1 heterocycles. The van der Waals surface area contributed by atoms with Crippen molar-refractivity contribution in [2.45, 2.75) is 92.3 Å². The average Bonchev–Trinajstić information content (AvgIpc) is 3.53. The van der Waals surface area contributed by atoms with Gasteiger partial charge in [-0.1, -0.05) is 118 Å². The van der Waals surface area contributed by atoms with Crippen LogP contribution >= 0.6 is 11.8 Å². The summed E-state index contributed by atoms with van der Waals surface area (Å²) < 4.78 is 0. The van der Waals surface area contributed by atoms with Crippen LogP contribution in [0.1, 0.15) is 88.5 Å². The molecule has 5 aromatic rings. The van der Waals surface area contributed by atoms with Crippen molar-refractivity contribution >= 4 is 28.8 Å². The van der Waals surface area contributed by atoms with Crippen LogP contribution in [0, 0.1) is 23.7 Å². The van der Waals surface area contributed by atoms with E-state index in [1.165, 1.54) is 87.6 Å². The predicted molar refractivity (Wildman–Crippen MR) is 206 cm³/mol. The lowest BCUT2D eigenvalue weighted by Gasteiger charge is -2.50. The summed E-state index contributed by atoms with van der Waals surface area (Å²) in [7, 11) is 0. The molecule has 0 amide bonds. The van der Waals surface area contributed by atoms with Gasteiger partial charge >= 0.3 is 0 Å². The summed E-state index contributed by atoms with van der Waals surface area (Å²) in [5.41, 5.74) is 13.1. The Morgan fingerprint density at radius 1 is 0.592 bits per heavy atom. The highest BCUT2D eigenvalue weighted by Crippen LogP contribution is 2.73. The quantitative estimate of drug-likeness (QED) is 0.189. The number of fused-ring (bicyclic) bond motifs is 3. The Hall–Kier alpha value is -3.75. The van der Waals surface area contributed by atoms with Crippen LogP contribution in [0.15, 0.2) is 125 Å². The molecule has 1 spiro atoms. The first-order valence-electron chi connectivity index (χ1n) is 18.8. The summed E-state index contributed by atoms with van der Waals surface area (Å²) in [6.45, 7) is 9.75. The number of rotatable bonds is 4. The molecule has 0 saturated heterocycles. The second-order valence-corrected chi connectivity index (χ2v) is 18.3. The number of nitrogens with zero attached hydrogens (tertiary/aromatic N) is 1. The molecule has 5 unspecified atom stereocenters. The molecule has 1 aliphatic heterocycles. The Balaban J connectivity index is 1.25. The zero-order valence-corrected chi connectivity index (χ0v) is 30.2. The zero-order valence-electron chi connectivity index (χ0n) is 29.4. The number of para-hydroxylation sites is 1. The van der Waals surface area contributed by atoms with Crippen LogP contribution < -0.4 is 4.90 Å². The minimum Gasteiger partial charge on any atom is -0.310 e. The Kier molecular flexibility index (Phi) is 6.53. The molecule has 2 heteroatoms. The van der Waals surface area contributed by atoms with Gasteiger partial charge in [0.2, 0.25) is 0 Å². The molecular weight excluding hydrogens is 611 g/mol. The van der Waals surface area contributed by atoms with Crippen molar-refractivity contribution in [2.75, 3.05) is 4.90 Å². The Morgan fingerprint density at radius 2 is 1.29 bits per heavy atom. The first-order chi connectivity index (χ1) is 23.8. The molecule has 4 fully saturated rings. The molecule has 4 bridgehead atoms.